The van der Waals surface area contributed by atoms with Crippen molar-refractivity contribution in [3.05, 3.63) is 24.3 Å². The molecule has 0 saturated carbocycles. The fraction of sp³-hybridized carbons (Fsp3) is 0.500. The van der Waals surface area contributed by atoms with Crippen molar-refractivity contribution in [2.24, 2.45) is 5.73 Å². The fourth-order valence-electron chi connectivity index (χ4n) is 1.60. The van der Waals surface area contributed by atoms with Gasteiger partial charge in [0.25, 0.3) is 0 Å². The zero-order chi connectivity index (χ0) is 13.5. The number of anilines is 1. The van der Waals surface area contributed by atoms with Crippen molar-refractivity contribution < 1.29 is 4.79 Å². The van der Waals surface area contributed by atoms with E-state index in [9.17, 15) is 4.79 Å². The molecule has 2 N–H and O–H groups in total. The van der Waals surface area contributed by atoms with Crippen molar-refractivity contribution in [1.82, 2.24) is 0 Å². The summed E-state index contributed by atoms with van der Waals surface area (Å²) in [6.07, 6.45) is 1.23. The van der Waals surface area contributed by atoms with Gasteiger partial charge in [0.15, 0.2) is 0 Å². The molecule has 1 amide bonds. The lowest BCUT2D eigenvalue weighted by atomic mass is 10.2. The number of carbonyl (C=O) groups excluding carboxylic acids is 1. The second kappa shape index (κ2) is 7.44. The van der Waals surface area contributed by atoms with Gasteiger partial charge in [-0.25, -0.2) is 0 Å². The van der Waals surface area contributed by atoms with E-state index in [1.807, 2.05) is 26.1 Å². The molecule has 4 heteroatoms. The normalized spacial score (nSPS) is 12.2. The van der Waals surface area contributed by atoms with Gasteiger partial charge in [-0.15, -0.1) is 11.8 Å². The van der Waals surface area contributed by atoms with Crippen LogP contribution in [0.15, 0.2) is 29.2 Å². The maximum absolute atomic E-state index is 11.9. The summed E-state index contributed by atoms with van der Waals surface area (Å²) in [5, 5.41) is 0. The lowest BCUT2D eigenvalue weighted by Gasteiger charge is -2.18. The summed E-state index contributed by atoms with van der Waals surface area (Å²) in [5.41, 5.74) is 6.59. The topological polar surface area (TPSA) is 46.3 Å². The van der Waals surface area contributed by atoms with Crippen LogP contribution in [0.5, 0.6) is 0 Å². The van der Waals surface area contributed by atoms with Crippen molar-refractivity contribution in [3.8, 4) is 0 Å². The zero-order valence-electron chi connectivity index (χ0n) is 11.3. The summed E-state index contributed by atoms with van der Waals surface area (Å²) >= 11 is 1.80. The second-order valence-electron chi connectivity index (χ2n) is 4.40. The summed E-state index contributed by atoms with van der Waals surface area (Å²) in [5.74, 6) is 1.17. The molecule has 3 nitrogen and oxygen atoms in total. The van der Waals surface area contributed by atoms with E-state index in [0.717, 1.165) is 17.9 Å². The van der Waals surface area contributed by atoms with Gasteiger partial charge in [0.1, 0.15) is 0 Å². The van der Waals surface area contributed by atoms with E-state index >= 15 is 0 Å². The average molecular weight is 266 g/mol. The van der Waals surface area contributed by atoms with Crippen LogP contribution in [0.25, 0.3) is 0 Å². The summed E-state index contributed by atoms with van der Waals surface area (Å²) < 4.78 is 0. The van der Waals surface area contributed by atoms with Gasteiger partial charge >= 0.3 is 0 Å². The van der Waals surface area contributed by atoms with E-state index in [0.29, 0.717) is 6.42 Å². The molecule has 1 aromatic carbocycles. The Bertz CT molecular complexity index is 376. The summed E-state index contributed by atoms with van der Waals surface area (Å²) in [6.45, 7) is 4.05. The van der Waals surface area contributed by atoms with Crippen LogP contribution in [-0.2, 0) is 4.79 Å². The Morgan fingerprint density at radius 2 is 2.00 bits per heavy atom. The summed E-state index contributed by atoms with van der Waals surface area (Å²) in [6, 6.07) is 8.16. The number of rotatable bonds is 6. The SMILES string of the molecule is CCSc1ccc(N(C)C(=O)CCC(C)N)cc1. The Balaban J connectivity index is 2.60. The van der Waals surface area contributed by atoms with Crippen LogP contribution in [0.4, 0.5) is 5.69 Å². The number of nitrogens with zero attached hydrogens (tertiary/aromatic N) is 1. The first-order valence-corrected chi connectivity index (χ1v) is 7.28. The highest BCUT2D eigenvalue weighted by molar-refractivity contribution is 7.99. The zero-order valence-corrected chi connectivity index (χ0v) is 12.2. The van der Waals surface area contributed by atoms with Gasteiger partial charge in [-0.05, 0) is 43.4 Å². The Hall–Kier alpha value is -1.00. The van der Waals surface area contributed by atoms with Crippen LogP contribution in [0, 0.1) is 0 Å². The highest BCUT2D eigenvalue weighted by Gasteiger charge is 2.11. The average Bonchev–Trinajstić information content (AvgIpc) is 2.36. The van der Waals surface area contributed by atoms with Crippen LogP contribution >= 0.6 is 11.8 Å². The van der Waals surface area contributed by atoms with Crippen molar-refractivity contribution in [2.75, 3.05) is 17.7 Å². The third kappa shape index (κ3) is 4.70. The Morgan fingerprint density at radius 1 is 1.39 bits per heavy atom. The van der Waals surface area contributed by atoms with Crippen LogP contribution in [0.1, 0.15) is 26.7 Å². The molecule has 0 heterocycles. The number of amides is 1. The molecule has 0 bridgehead atoms. The number of hydrogen-bond donors (Lipinski definition) is 1. The minimum absolute atomic E-state index is 0.0747. The van der Waals surface area contributed by atoms with Crippen molar-refractivity contribution in [1.29, 1.82) is 0 Å². The van der Waals surface area contributed by atoms with Gasteiger partial charge in [0, 0.05) is 30.1 Å². The molecule has 0 aromatic heterocycles. The van der Waals surface area contributed by atoms with Crippen LogP contribution in [0.2, 0.25) is 0 Å². The van der Waals surface area contributed by atoms with Crippen molar-refractivity contribution in [2.45, 2.75) is 37.6 Å². The van der Waals surface area contributed by atoms with Gasteiger partial charge in [-0.1, -0.05) is 6.92 Å². The van der Waals surface area contributed by atoms with Crippen LogP contribution < -0.4 is 10.6 Å². The standard InChI is InChI=1S/C14H22N2OS/c1-4-18-13-8-6-12(7-9-13)16(3)14(17)10-5-11(2)15/h6-9,11H,4-5,10,15H2,1-3H3. The van der Waals surface area contributed by atoms with Crippen molar-refractivity contribution >= 4 is 23.4 Å². The molecular weight excluding hydrogens is 244 g/mol. The molecule has 0 fully saturated rings. The maximum Gasteiger partial charge on any atom is 0.226 e. The maximum atomic E-state index is 11.9. The third-order valence-electron chi connectivity index (χ3n) is 2.72. The number of benzene rings is 1. The van der Waals surface area contributed by atoms with E-state index in [4.69, 9.17) is 5.73 Å². The first kappa shape index (κ1) is 15.1. The van der Waals surface area contributed by atoms with Crippen LogP contribution in [0.3, 0.4) is 0 Å². The van der Waals surface area contributed by atoms with Gasteiger partial charge < -0.3 is 10.6 Å². The molecule has 1 unspecified atom stereocenters. The van der Waals surface area contributed by atoms with Gasteiger partial charge in [-0.3, -0.25) is 4.79 Å². The van der Waals surface area contributed by atoms with Crippen LogP contribution in [-0.4, -0.2) is 24.7 Å². The fourth-order valence-corrected chi connectivity index (χ4v) is 2.26. The lowest BCUT2D eigenvalue weighted by Crippen LogP contribution is -2.28. The number of nitrogens with two attached hydrogens (primary N) is 1. The Kier molecular flexibility index (Phi) is 6.22. The Morgan fingerprint density at radius 3 is 2.50 bits per heavy atom. The first-order chi connectivity index (χ1) is 8.54. The lowest BCUT2D eigenvalue weighted by molar-refractivity contribution is -0.118. The molecule has 0 saturated heterocycles. The number of hydrogen-bond acceptors (Lipinski definition) is 3. The molecule has 1 rings (SSSR count). The minimum Gasteiger partial charge on any atom is -0.328 e. The number of thioether (sulfide) groups is 1. The monoisotopic (exact) mass is 266 g/mol. The molecular formula is C14H22N2OS. The van der Waals surface area contributed by atoms with E-state index in [-0.39, 0.29) is 11.9 Å². The molecule has 0 radical (unpaired) electrons. The number of carbonyl (C=O) groups is 1. The highest BCUT2D eigenvalue weighted by Crippen LogP contribution is 2.22. The molecule has 18 heavy (non-hydrogen) atoms. The molecule has 0 aliphatic rings. The molecule has 1 atom stereocenters. The summed E-state index contributed by atoms with van der Waals surface area (Å²) in [7, 11) is 1.81. The van der Waals surface area contributed by atoms with Crippen molar-refractivity contribution in [3.63, 3.8) is 0 Å². The third-order valence-corrected chi connectivity index (χ3v) is 3.62. The first-order valence-electron chi connectivity index (χ1n) is 6.29. The molecule has 0 aliphatic carbocycles. The van der Waals surface area contributed by atoms with E-state index in [2.05, 4.69) is 19.1 Å². The smallest absolute Gasteiger partial charge is 0.226 e. The van der Waals surface area contributed by atoms with Gasteiger partial charge in [0.2, 0.25) is 5.91 Å². The van der Waals surface area contributed by atoms with Gasteiger partial charge in [-0.2, -0.15) is 0 Å². The molecule has 1 aromatic rings. The van der Waals surface area contributed by atoms with E-state index < -0.39 is 0 Å². The van der Waals surface area contributed by atoms with Gasteiger partial charge in [0.05, 0.1) is 0 Å². The molecule has 100 valence electrons. The quantitative estimate of drug-likeness (QED) is 0.805. The Labute approximate surface area is 114 Å². The largest absolute Gasteiger partial charge is 0.328 e. The molecule has 0 spiro atoms. The predicted molar refractivity (Wildman–Crippen MR) is 79.1 cm³/mol. The summed E-state index contributed by atoms with van der Waals surface area (Å²) in [4.78, 5) is 14.9. The second-order valence-corrected chi connectivity index (χ2v) is 5.73. The molecule has 0 aliphatic heterocycles. The minimum atomic E-state index is 0.0747. The predicted octanol–water partition coefficient (Wildman–Crippen LogP) is 2.89. The van der Waals surface area contributed by atoms with E-state index in [1.54, 1.807) is 16.7 Å². The van der Waals surface area contributed by atoms with E-state index in [1.165, 1.54) is 4.90 Å². The highest BCUT2D eigenvalue weighted by atomic mass is 32.2.